The normalized spacial score (nSPS) is 14.1. The Bertz CT molecular complexity index is 171. The van der Waals surface area contributed by atoms with Gasteiger partial charge in [-0.3, -0.25) is 0 Å². The van der Waals surface area contributed by atoms with Gasteiger partial charge in [-0.2, -0.15) is 0 Å². The molecule has 0 aromatic heterocycles. The molecular formula is C11H25N3O. The van der Waals surface area contributed by atoms with Crippen molar-refractivity contribution < 1.29 is 5.21 Å². The topological polar surface area (TPSA) is 70.6 Å². The molecule has 0 bridgehead atoms. The summed E-state index contributed by atoms with van der Waals surface area (Å²) in [6.07, 6.45) is 6.53. The molecule has 0 aromatic rings. The Morgan fingerprint density at radius 1 is 1.40 bits per heavy atom. The van der Waals surface area contributed by atoms with Crippen LogP contribution in [-0.2, 0) is 0 Å². The van der Waals surface area contributed by atoms with E-state index in [0.29, 0.717) is 18.3 Å². The lowest BCUT2D eigenvalue weighted by atomic mass is 10.1. The van der Waals surface area contributed by atoms with Gasteiger partial charge in [0.25, 0.3) is 0 Å². The molecule has 0 fully saturated rings. The second-order valence-electron chi connectivity index (χ2n) is 4.05. The number of hydrogen-bond acceptors (Lipinski definition) is 3. The Hall–Kier alpha value is -0.770. The van der Waals surface area contributed by atoms with Gasteiger partial charge in [0.05, 0.1) is 0 Å². The van der Waals surface area contributed by atoms with Crippen LogP contribution in [0.1, 0.15) is 52.4 Å². The number of nitrogens with zero attached hydrogens (tertiary/aromatic N) is 1. The van der Waals surface area contributed by atoms with E-state index in [1.54, 1.807) is 0 Å². The molecule has 15 heavy (non-hydrogen) atoms. The quantitative estimate of drug-likeness (QED) is 0.181. The predicted molar refractivity (Wildman–Crippen MR) is 64.2 cm³/mol. The highest BCUT2D eigenvalue weighted by molar-refractivity contribution is 5.79. The second-order valence-corrected chi connectivity index (χ2v) is 4.05. The molecule has 1 atom stereocenters. The maximum absolute atomic E-state index is 8.32. The first kappa shape index (κ1) is 14.2. The first-order chi connectivity index (χ1) is 7.20. The zero-order valence-electron chi connectivity index (χ0n) is 10.00. The van der Waals surface area contributed by atoms with Gasteiger partial charge in [0.2, 0.25) is 0 Å². The maximum Gasteiger partial charge on any atom is 0.139 e. The van der Waals surface area contributed by atoms with Crippen LogP contribution in [-0.4, -0.2) is 23.6 Å². The van der Waals surface area contributed by atoms with Crippen LogP contribution in [0.4, 0.5) is 0 Å². The first-order valence-electron chi connectivity index (χ1n) is 5.90. The number of oxime groups is 1. The van der Waals surface area contributed by atoms with Gasteiger partial charge in [0.15, 0.2) is 0 Å². The molecule has 0 radical (unpaired) electrons. The molecule has 4 N–H and O–H groups in total. The predicted octanol–water partition coefficient (Wildman–Crippen LogP) is 2.07. The Morgan fingerprint density at radius 3 is 2.73 bits per heavy atom. The van der Waals surface area contributed by atoms with Crippen LogP contribution in [0.25, 0.3) is 0 Å². The second kappa shape index (κ2) is 9.77. The number of nitrogens with two attached hydrogens (primary N) is 1. The summed E-state index contributed by atoms with van der Waals surface area (Å²) in [5.74, 6) is 0.328. The lowest BCUT2D eigenvalue weighted by Gasteiger charge is -2.12. The van der Waals surface area contributed by atoms with E-state index in [9.17, 15) is 0 Å². The summed E-state index contributed by atoms with van der Waals surface area (Å²) < 4.78 is 0. The van der Waals surface area contributed by atoms with E-state index in [2.05, 4.69) is 24.3 Å². The molecule has 0 saturated carbocycles. The fourth-order valence-electron chi connectivity index (χ4n) is 1.44. The first-order valence-corrected chi connectivity index (χ1v) is 5.90. The molecule has 0 aromatic carbocycles. The molecule has 0 aliphatic carbocycles. The van der Waals surface area contributed by atoms with Gasteiger partial charge in [-0.1, -0.05) is 24.9 Å². The smallest absolute Gasteiger partial charge is 0.139 e. The molecule has 0 aliphatic rings. The van der Waals surface area contributed by atoms with Crippen LogP contribution < -0.4 is 11.1 Å². The van der Waals surface area contributed by atoms with Crippen molar-refractivity contribution >= 4 is 5.84 Å². The highest BCUT2D eigenvalue weighted by Gasteiger charge is 1.99. The number of amidine groups is 1. The molecule has 90 valence electrons. The van der Waals surface area contributed by atoms with Gasteiger partial charge < -0.3 is 16.3 Å². The van der Waals surface area contributed by atoms with E-state index in [-0.39, 0.29) is 0 Å². The summed E-state index contributed by atoms with van der Waals surface area (Å²) >= 11 is 0. The lowest BCUT2D eigenvalue weighted by Crippen LogP contribution is -2.27. The average Bonchev–Trinajstić information content (AvgIpc) is 2.25. The molecule has 0 amide bonds. The summed E-state index contributed by atoms with van der Waals surface area (Å²) in [6.45, 7) is 5.45. The van der Waals surface area contributed by atoms with Crippen LogP contribution in [0.2, 0.25) is 0 Å². The van der Waals surface area contributed by atoms with E-state index in [1.165, 1.54) is 19.3 Å². The van der Waals surface area contributed by atoms with Gasteiger partial charge in [-0.25, -0.2) is 0 Å². The Kier molecular flexibility index (Phi) is 9.27. The zero-order chi connectivity index (χ0) is 11.5. The number of rotatable bonds is 9. The fourth-order valence-corrected chi connectivity index (χ4v) is 1.44. The van der Waals surface area contributed by atoms with Crippen molar-refractivity contribution in [2.75, 3.05) is 6.54 Å². The standard InChI is InChI=1S/C11H25N3O/c1-3-4-7-10(2)13-9-6-5-8-11(12)14-15/h10,13,15H,3-9H2,1-2H3,(H2,12,14). The van der Waals surface area contributed by atoms with Crippen molar-refractivity contribution in [1.29, 1.82) is 0 Å². The van der Waals surface area contributed by atoms with Crippen LogP contribution in [0.5, 0.6) is 0 Å². The Morgan fingerprint density at radius 2 is 2.13 bits per heavy atom. The SMILES string of the molecule is CCCCC(C)NCCCCC(N)=NO. The average molecular weight is 215 g/mol. The number of hydrogen-bond donors (Lipinski definition) is 3. The molecule has 0 saturated heterocycles. The summed E-state index contributed by atoms with van der Waals surface area (Å²) in [6, 6.07) is 0.605. The number of nitrogens with one attached hydrogen (secondary N) is 1. The molecule has 4 nitrogen and oxygen atoms in total. The van der Waals surface area contributed by atoms with Gasteiger partial charge in [-0.05, 0) is 32.7 Å². The monoisotopic (exact) mass is 215 g/mol. The van der Waals surface area contributed by atoms with Crippen molar-refractivity contribution in [3.8, 4) is 0 Å². The van der Waals surface area contributed by atoms with E-state index < -0.39 is 0 Å². The zero-order valence-corrected chi connectivity index (χ0v) is 10.00. The third-order valence-electron chi connectivity index (χ3n) is 2.47. The molecule has 4 heteroatoms. The van der Waals surface area contributed by atoms with E-state index >= 15 is 0 Å². The van der Waals surface area contributed by atoms with Gasteiger partial charge in [0.1, 0.15) is 5.84 Å². The molecular weight excluding hydrogens is 190 g/mol. The van der Waals surface area contributed by atoms with Crippen LogP contribution in [0.15, 0.2) is 5.16 Å². The molecule has 0 aliphatic heterocycles. The lowest BCUT2D eigenvalue weighted by molar-refractivity contribution is 0.316. The molecule has 1 unspecified atom stereocenters. The summed E-state index contributed by atoms with van der Waals surface area (Å²) in [7, 11) is 0. The highest BCUT2D eigenvalue weighted by atomic mass is 16.4. The fraction of sp³-hybridized carbons (Fsp3) is 0.909. The molecule has 0 rings (SSSR count). The minimum Gasteiger partial charge on any atom is -0.409 e. The third kappa shape index (κ3) is 9.53. The molecule has 0 heterocycles. The van der Waals surface area contributed by atoms with Gasteiger partial charge in [-0.15, -0.1) is 0 Å². The van der Waals surface area contributed by atoms with Crippen molar-refractivity contribution in [2.24, 2.45) is 10.9 Å². The van der Waals surface area contributed by atoms with Crippen molar-refractivity contribution in [1.82, 2.24) is 5.32 Å². The third-order valence-corrected chi connectivity index (χ3v) is 2.47. The Balaban J connectivity index is 3.23. The minimum atomic E-state index is 0.328. The van der Waals surface area contributed by atoms with Gasteiger partial charge in [0, 0.05) is 12.5 Å². The Labute approximate surface area is 92.9 Å². The van der Waals surface area contributed by atoms with E-state index in [1.807, 2.05) is 0 Å². The van der Waals surface area contributed by atoms with Crippen molar-refractivity contribution in [3.63, 3.8) is 0 Å². The maximum atomic E-state index is 8.32. The minimum absolute atomic E-state index is 0.328. The summed E-state index contributed by atoms with van der Waals surface area (Å²) in [5, 5.41) is 14.7. The van der Waals surface area contributed by atoms with E-state index in [0.717, 1.165) is 19.4 Å². The summed E-state index contributed by atoms with van der Waals surface area (Å²) in [4.78, 5) is 0. The largest absolute Gasteiger partial charge is 0.409 e. The highest BCUT2D eigenvalue weighted by Crippen LogP contribution is 2.00. The van der Waals surface area contributed by atoms with Crippen molar-refractivity contribution in [3.05, 3.63) is 0 Å². The van der Waals surface area contributed by atoms with E-state index in [4.69, 9.17) is 10.9 Å². The number of unbranched alkanes of at least 4 members (excludes halogenated alkanes) is 2. The van der Waals surface area contributed by atoms with Crippen molar-refractivity contribution in [2.45, 2.75) is 58.4 Å². The van der Waals surface area contributed by atoms with Gasteiger partial charge >= 0.3 is 0 Å². The van der Waals surface area contributed by atoms with Crippen LogP contribution in [0.3, 0.4) is 0 Å². The van der Waals surface area contributed by atoms with Crippen LogP contribution >= 0.6 is 0 Å². The molecule has 0 spiro atoms. The van der Waals surface area contributed by atoms with Crippen LogP contribution in [0, 0.1) is 0 Å². The summed E-state index contributed by atoms with van der Waals surface area (Å²) in [5.41, 5.74) is 5.36.